The van der Waals surface area contributed by atoms with Crippen molar-refractivity contribution >= 4 is 22.6 Å². The molecule has 0 radical (unpaired) electrons. The first-order chi connectivity index (χ1) is 14.6. The zero-order valence-electron chi connectivity index (χ0n) is 16.4. The maximum absolute atomic E-state index is 13.6. The summed E-state index contributed by atoms with van der Waals surface area (Å²) in [6.45, 7) is 1.10. The predicted octanol–water partition coefficient (Wildman–Crippen LogP) is 4.11. The number of hydrogen-bond donors (Lipinski definition) is 3. The molecule has 1 aliphatic heterocycles. The van der Waals surface area contributed by atoms with E-state index in [4.69, 9.17) is 0 Å². The molecule has 1 saturated heterocycles. The first-order valence-corrected chi connectivity index (χ1v) is 9.88. The molecular weight excluding hydrogens is 383 g/mol. The number of nitrogens with zero attached hydrogens (tertiary/aromatic N) is 3. The topological polar surface area (TPSA) is 89.7 Å². The van der Waals surface area contributed by atoms with Crippen molar-refractivity contribution in [3.8, 4) is 11.1 Å². The highest BCUT2D eigenvalue weighted by atomic mass is 19.1. The number of aromatic amines is 2. The summed E-state index contributed by atoms with van der Waals surface area (Å²) in [5, 5.41) is 9.79. The first kappa shape index (κ1) is 18.5. The zero-order valence-corrected chi connectivity index (χ0v) is 16.4. The number of fused-ring (bicyclic) bond motifs is 1. The van der Waals surface area contributed by atoms with Crippen LogP contribution in [-0.2, 0) is 0 Å². The number of carbonyl (C=O) groups is 1. The van der Waals surface area contributed by atoms with Crippen molar-refractivity contribution in [1.82, 2.24) is 25.1 Å². The monoisotopic (exact) mass is 404 g/mol. The van der Waals surface area contributed by atoms with Crippen LogP contribution in [0.3, 0.4) is 0 Å². The molecule has 1 aromatic carbocycles. The minimum absolute atomic E-state index is 0.275. The predicted molar refractivity (Wildman–Crippen MR) is 113 cm³/mol. The van der Waals surface area contributed by atoms with Crippen LogP contribution in [0.15, 0.2) is 48.8 Å². The summed E-state index contributed by atoms with van der Waals surface area (Å²) in [7, 11) is 2.14. The van der Waals surface area contributed by atoms with Crippen LogP contribution >= 0.6 is 0 Å². The van der Waals surface area contributed by atoms with Crippen LogP contribution < -0.4 is 5.32 Å². The summed E-state index contributed by atoms with van der Waals surface area (Å²) in [5.74, 6) is -0.298. The van der Waals surface area contributed by atoms with Crippen LogP contribution in [0.5, 0.6) is 0 Å². The Kier molecular flexibility index (Phi) is 4.55. The molecule has 5 rings (SSSR count). The number of benzene rings is 1. The summed E-state index contributed by atoms with van der Waals surface area (Å²) in [4.78, 5) is 22.8. The lowest BCUT2D eigenvalue weighted by Gasteiger charge is -2.17. The van der Waals surface area contributed by atoms with Crippen LogP contribution in [0.25, 0.3) is 22.0 Å². The molecule has 1 atom stereocenters. The Morgan fingerprint density at radius 1 is 1.23 bits per heavy atom. The molecule has 8 heteroatoms. The number of H-pyrrole nitrogens is 2. The molecule has 3 N–H and O–H groups in total. The zero-order chi connectivity index (χ0) is 20.7. The fourth-order valence-corrected chi connectivity index (χ4v) is 4.06. The fraction of sp³-hybridized carbons (Fsp3) is 0.227. The van der Waals surface area contributed by atoms with Gasteiger partial charge in [-0.3, -0.25) is 14.8 Å². The van der Waals surface area contributed by atoms with Crippen LogP contribution in [0.1, 0.15) is 34.9 Å². The van der Waals surface area contributed by atoms with Crippen molar-refractivity contribution in [1.29, 1.82) is 0 Å². The molecule has 0 saturated carbocycles. The number of likely N-dealkylation sites (tertiary alicyclic amines) is 1. The van der Waals surface area contributed by atoms with Crippen molar-refractivity contribution in [2.75, 3.05) is 18.9 Å². The normalized spacial score (nSPS) is 16.9. The molecule has 1 fully saturated rings. The van der Waals surface area contributed by atoms with Gasteiger partial charge in [0.2, 0.25) is 5.95 Å². The Labute approximate surface area is 172 Å². The van der Waals surface area contributed by atoms with Gasteiger partial charge in [-0.25, -0.2) is 4.98 Å². The highest BCUT2D eigenvalue weighted by molar-refractivity contribution is 6.04. The van der Waals surface area contributed by atoms with E-state index in [9.17, 15) is 9.18 Å². The molecule has 7 nitrogen and oxygen atoms in total. The average Bonchev–Trinajstić information content (AvgIpc) is 3.47. The van der Waals surface area contributed by atoms with Crippen molar-refractivity contribution in [3.05, 3.63) is 66.0 Å². The number of pyridine rings is 1. The molecule has 30 heavy (non-hydrogen) atoms. The van der Waals surface area contributed by atoms with E-state index < -0.39 is 5.95 Å². The lowest BCUT2D eigenvalue weighted by Crippen LogP contribution is -2.17. The molecule has 0 spiro atoms. The highest BCUT2D eigenvalue weighted by Crippen LogP contribution is 2.32. The molecule has 152 valence electrons. The number of amides is 1. The van der Waals surface area contributed by atoms with Crippen molar-refractivity contribution in [2.45, 2.75) is 18.9 Å². The third kappa shape index (κ3) is 3.35. The van der Waals surface area contributed by atoms with E-state index in [2.05, 4.69) is 43.5 Å². The van der Waals surface area contributed by atoms with E-state index in [0.717, 1.165) is 23.9 Å². The molecule has 0 aliphatic carbocycles. The summed E-state index contributed by atoms with van der Waals surface area (Å²) in [6, 6.07) is 11.1. The van der Waals surface area contributed by atoms with E-state index in [1.807, 2.05) is 6.07 Å². The second-order valence-electron chi connectivity index (χ2n) is 7.65. The van der Waals surface area contributed by atoms with Gasteiger partial charge in [0, 0.05) is 34.9 Å². The van der Waals surface area contributed by atoms with E-state index in [0.29, 0.717) is 28.6 Å². The quantitative estimate of drug-likeness (QED) is 0.477. The Hall–Kier alpha value is -3.52. The molecule has 0 bridgehead atoms. The van der Waals surface area contributed by atoms with Crippen molar-refractivity contribution < 1.29 is 9.18 Å². The van der Waals surface area contributed by atoms with Gasteiger partial charge in [-0.05, 0) is 50.2 Å². The Morgan fingerprint density at radius 3 is 2.77 bits per heavy atom. The number of anilines is 1. The molecule has 0 unspecified atom stereocenters. The second kappa shape index (κ2) is 7.38. The molecule has 1 aliphatic rings. The summed E-state index contributed by atoms with van der Waals surface area (Å²) < 4.78 is 13.6. The summed E-state index contributed by atoms with van der Waals surface area (Å²) >= 11 is 0. The lowest BCUT2D eigenvalue weighted by molar-refractivity contribution is 0.102. The third-order valence-electron chi connectivity index (χ3n) is 5.70. The van der Waals surface area contributed by atoms with Gasteiger partial charge in [-0.2, -0.15) is 9.49 Å². The van der Waals surface area contributed by atoms with Gasteiger partial charge in [-0.15, -0.1) is 0 Å². The van der Waals surface area contributed by atoms with Gasteiger partial charge in [-0.1, -0.05) is 12.1 Å². The maximum atomic E-state index is 13.6. The smallest absolute Gasteiger partial charge is 0.256 e. The Balaban J connectivity index is 1.33. The van der Waals surface area contributed by atoms with Crippen LogP contribution in [-0.4, -0.2) is 44.6 Å². The third-order valence-corrected chi connectivity index (χ3v) is 5.70. The van der Waals surface area contributed by atoms with E-state index in [1.54, 1.807) is 30.5 Å². The molecule has 4 aromatic rings. The Bertz CT molecular complexity index is 1210. The first-order valence-electron chi connectivity index (χ1n) is 9.88. The maximum Gasteiger partial charge on any atom is 0.256 e. The second-order valence-corrected chi connectivity index (χ2v) is 7.65. The summed E-state index contributed by atoms with van der Waals surface area (Å²) in [5.41, 5.74) is 3.60. The van der Waals surface area contributed by atoms with Crippen LogP contribution in [0, 0.1) is 5.95 Å². The SMILES string of the molecule is CN1CCC[C@@H]1c1cc2cnc(NC(=O)c3ccc(-c4cn[nH]c4F)cc3)cc2[nH]1. The van der Waals surface area contributed by atoms with Crippen molar-refractivity contribution in [2.24, 2.45) is 0 Å². The number of rotatable bonds is 4. The molecule has 4 heterocycles. The minimum Gasteiger partial charge on any atom is -0.357 e. The van der Waals surface area contributed by atoms with Crippen LogP contribution in [0.2, 0.25) is 0 Å². The molecular formula is C22H21FN6O. The van der Waals surface area contributed by atoms with Gasteiger partial charge in [0.15, 0.2) is 0 Å². The number of hydrogen-bond acceptors (Lipinski definition) is 4. The van der Waals surface area contributed by atoms with Gasteiger partial charge in [0.1, 0.15) is 5.82 Å². The lowest BCUT2D eigenvalue weighted by atomic mass is 10.1. The Morgan fingerprint density at radius 2 is 2.07 bits per heavy atom. The number of nitrogens with one attached hydrogen (secondary N) is 3. The number of carbonyl (C=O) groups excluding carboxylic acids is 1. The van der Waals surface area contributed by atoms with E-state index in [-0.39, 0.29) is 5.91 Å². The number of aromatic nitrogens is 4. The summed E-state index contributed by atoms with van der Waals surface area (Å²) in [6.07, 6.45) is 5.52. The van der Waals surface area contributed by atoms with E-state index in [1.165, 1.54) is 18.3 Å². The van der Waals surface area contributed by atoms with Gasteiger partial charge in [0.05, 0.1) is 17.3 Å². The fourth-order valence-electron chi connectivity index (χ4n) is 4.06. The van der Waals surface area contributed by atoms with Gasteiger partial charge < -0.3 is 10.3 Å². The molecule has 1 amide bonds. The largest absolute Gasteiger partial charge is 0.357 e. The standard InChI is InChI=1S/C22H21FN6O/c1-29-8-2-3-19(29)18-9-15-11-24-20(10-17(15)26-18)27-22(30)14-6-4-13(5-7-14)16-12-25-28-21(16)23/h4-7,9-12,19,26H,2-3,8H2,1H3,(H,25,28)(H,24,27,30)/t19-/m1/s1. The highest BCUT2D eigenvalue weighted by Gasteiger charge is 2.24. The van der Waals surface area contributed by atoms with E-state index >= 15 is 0 Å². The van der Waals surface area contributed by atoms with Gasteiger partial charge in [0.25, 0.3) is 5.91 Å². The molecule has 3 aromatic heterocycles. The van der Waals surface area contributed by atoms with Gasteiger partial charge >= 0.3 is 0 Å². The number of halogens is 1. The average molecular weight is 404 g/mol. The minimum atomic E-state index is -0.501. The van der Waals surface area contributed by atoms with Crippen LogP contribution in [0.4, 0.5) is 10.2 Å². The van der Waals surface area contributed by atoms with Crippen molar-refractivity contribution in [3.63, 3.8) is 0 Å².